The highest BCUT2D eigenvalue weighted by molar-refractivity contribution is 5.94. The molecule has 1 saturated heterocycles. The third-order valence-corrected chi connectivity index (χ3v) is 5.27. The average Bonchev–Trinajstić information content (AvgIpc) is 2.68. The molecule has 1 amide bonds. The van der Waals surface area contributed by atoms with Crippen molar-refractivity contribution in [2.24, 2.45) is 5.92 Å². The third kappa shape index (κ3) is 5.33. The summed E-state index contributed by atoms with van der Waals surface area (Å²) in [6.07, 6.45) is 2.62. The third-order valence-electron chi connectivity index (χ3n) is 5.27. The van der Waals surface area contributed by atoms with E-state index in [0.717, 1.165) is 29.3 Å². The minimum atomic E-state index is 0.0453. The quantitative estimate of drug-likeness (QED) is 0.768. The number of piperidine rings is 1. The molecule has 2 aromatic carbocycles. The first kappa shape index (κ1) is 19.4. The van der Waals surface area contributed by atoms with Crippen LogP contribution in [0.5, 0.6) is 5.75 Å². The molecule has 1 aliphatic heterocycles. The average molecular weight is 367 g/mol. The SMILES string of the molecule is COc1ccc(CN(C)C(=O)c2ccc(CN3CCC[C@H](C)C3)cc2)cc1. The Morgan fingerprint density at radius 1 is 1.11 bits per heavy atom. The Kier molecular flexibility index (Phi) is 6.51. The van der Waals surface area contributed by atoms with E-state index in [0.29, 0.717) is 6.54 Å². The van der Waals surface area contributed by atoms with E-state index in [1.807, 2.05) is 43.4 Å². The largest absolute Gasteiger partial charge is 0.497 e. The van der Waals surface area contributed by atoms with Gasteiger partial charge in [0, 0.05) is 32.2 Å². The lowest BCUT2D eigenvalue weighted by Crippen LogP contribution is -2.33. The van der Waals surface area contributed by atoms with Crippen molar-refractivity contribution in [1.82, 2.24) is 9.80 Å². The van der Waals surface area contributed by atoms with Crippen molar-refractivity contribution in [3.8, 4) is 5.75 Å². The van der Waals surface area contributed by atoms with Crippen LogP contribution in [0.4, 0.5) is 0 Å². The van der Waals surface area contributed by atoms with Gasteiger partial charge in [0.15, 0.2) is 0 Å². The van der Waals surface area contributed by atoms with Crippen LogP contribution in [0.3, 0.4) is 0 Å². The molecule has 1 heterocycles. The number of likely N-dealkylation sites (tertiary alicyclic amines) is 1. The van der Waals surface area contributed by atoms with Gasteiger partial charge in [-0.05, 0) is 60.7 Å². The molecular weight excluding hydrogens is 336 g/mol. The molecule has 0 bridgehead atoms. The van der Waals surface area contributed by atoms with Crippen LogP contribution in [-0.2, 0) is 13.1 Å². The molecule has 0 aliphatic carbocycles. The van der Waals surface area contributed by atoms with Gasteiger partial charge in [0.1, 0.15) is 5.75 Å². The van der Waals surface area contributed by atoms with Gasteiger partial charge in [-0.2, -0.15) is 0 Å². The van der Waals surface area contributed by atoms with E-state index in [9.17, 15) is 4.79 Å². The minimum Gasteiger partial charge on any atom is -0.497 e. The summed E-state index contributed by atoms with van der Waals surface area (Å²) in [5, 5.41) is 0. The van der Waals surface area contributed by atoms with Gasteiger partial charge in [0.2, 0.25) is 0 Å². The van der Waals surface area contributed by atoms with Gasteiger partial charge in [0.05, 0.1) is 7.11 Å². The Morgan fingerprint density at radius 2 is 1.78 bits per heavy atom. The van der Waals surface area contributed by atoms with Gasteiger partial charge in [-0.15, -0.1) is 0 Å². The highest BCUT2D eigenvalue weighted by Crippen LogP contribution is 2.19. The lowest BCUT2D eigenvalue weighted by Gasteiger charge is -2.30. The Morgan fingerprint density at radius 3 is 2.41 bits per heavy atom. The van der Waals surface area contributed by atoms with Gasteiger partial charge < -0.3 is 9.64 Å². The Balaban J connectivity index is 1.57. The van der Waals surface area contributed by atoms with E-state index in [2.05, 4.69) is 24.0 Å². The first-order valence-corrected chi connectivity index (χ1v) is 9.75. The second-order valence-electron chi connectivity index (χ2n) is 7.69. The normalized spacial score (nSPS) is 17.5. The van der Waals surface area contributed by atoms with E-state index >= 15 is 0 Å². The lowest BCUT2D eigenvalue weighted by molar-refractivity contribution is 0.0785. The summed E-state index contributed by atoms with van der Waals surface area (Å²) < 4.78 is 5.18. The highest BCUT2D eigenvalue weighted by Gasteiger charge is 2.17. The molecule has 3 rings (SSSR count). The number of carbonyl (C=O) groups is 1. The molecule has 1 fully saturated rings. The van der Waals surface area contributed by atoms with Crippen molar-refractivity contribution in [3.63, 3.8) is 0 Å². The monoisotopic (exact) mass is 366 g/mol. The second kappa shape index (κ2) is 9.05. The molecule has 0 aromatic heterocycles. The molecule has 0 saturated carbocycles. The van der Waals surface area contributed by atoms with Crippen LogP contribution in [0.1, 0.15) is 41.3 Å². The van der Waals surface area contributed by atoms with Crippen LogP contribution < -0.4 is 4.74 Å². The van der Waals surface area contributed by atoms with Crippen molar-refractivity contribution in [2.45, 2.75) is 32.9 Å². The number of carbonyl (C=O) groups excluding carboxylic acids is 1. The Hall–Kier alpha value is -2.33. The van der Waals surface area contributed by atoms with Crippen LogP contribution in [0.25, 0.3) is 0 Å². The van der Waals surface area contributed by atoms with Crippen LogP contribution in [0.2, 0.25) is 0 Å². The van der Waals surface area contributed by atoms with Crippen molar-refractivity contribution in [3.05, 3.63) is 65.2 Å². The molecule has 27 heavy (non-hydrogen) atoms. The molecule has 0 spiro atoms. The van der Waals surface area contributed by atoms with Crippen molar-refractivity contribution in [1.29, 1.82) is 0 Å². The highest BCUT2D eigenvalue weighted by atomic mass is 16.5. The molecule has 0 radical (unpaired) electrons. The summed E-state index contributed by atoms with van der Waals surface area (Å²) in [4.78, 5) is 17.0. The summed E-state index contributed by atoms with van der Waals surface area (Å²) in [6, 6.07) is 15.9. The number of hydrogen-bond donors (Lipinski definition) is 0. The zero-order valence-corrected chi connectivity index (χ0v) is 16.6. The minimum absolute atomic E-state index is 0.0453. The fourth-order valence-corrected chi connectivity index (χ4v) is 3.74. The summed E-state index contributed by atoms with van der Waals surface area (Å²) in [5.74, 6) is 1.65. The number of methoxy groups -OCH3 is 1. The number of benzene rings is 2. The second-order valence-corrected chi connectivity index (χ2v) is 7.69. The Labute approximate surface area is 162 Å². The van der Waals surface area contributed by atoms with Crippen LogP contribution >= 0.6 is 0 Å². The standard InChI is InChI=1S/C23H30N2O2/c1-18-5-4-14-25(15-18)17-20-6-10-21(11-7-20)23(26)24(2)16-19-8-12-22(27-3)13-9-19/h6-13,18H,4-5,14-17H2,1-3H3/t18-/m0/s1. The van der Waals surface area contributed by atoms with Gasteiger partial charge in [0.25, 0.3) is 5.91 Å². The van der Waals surface area contributed by atoms with E-state index in [1.54, 1.807) is 12.0 Å². The number of rotatable bonds is 6. The van der Waals surface area contributed by atoms with Gasteiger partial charge in [-0.25, -0.2) is 0 Å². The predicted molar refractivity (Wildman–Crippen MR) is 109 cm³/mol. The first-order chi connectivity index (χ1) is 13.0. The number of hydrogen-bond acceptors (Lipinski definition) is 3. The molecule has 1 atom stereocenters. The molecule has 4 heteroatoms. The smallest absolute Gasteiger partial charge is 0.253 e. The molecule has 0 N–H and O–H groups in total. The van der Waals surface area contributed by atoms with E-state index < -0.39 is 0 Å². The number of amides is 1. The van der Waals surface area contributed by atoms with E-state index in [-0.39, 0.29) is 5.91 Å². The summed E-state index contributed by atoms with van der Waals surface area (Å²) in [6.45, 7) is 6.23. The first-order valence-electron chi connectivity index (χ1n) is 9.75. The molecular formula is C23H30N2O2. The Bertz CT molecular complexity index is 740. The van der Waals surface area contributed by atoms with Gasteiger partial charge >= 0.3 is 0 Å². The maximum Gasteiger partial charge on any atom is 0.253 e. The van der Waals surface area contributed by atoms with Crippen LogP contribution in [0.15, 0.2) is 48.5 Å². The number of ether oxygens (including phenoxy) is 1. The maximum atomic E-state index is 12.7. The zero-order valence-electron chi connectivity index (χ0n) is 16.6. The predicted octanol–water partition coefficient (Wildman–Crippen LogP) is 4.20. The number of nitrogens with zero attached hydrogens (tertiary/aromatic N) is 2. The fourth-order valence-electron chi connectivity index (χ4n) is 3.74. The molecule has 144 valence electrons. The van der Waals surface area contributed by atoms with Crippen LogP contribution in [-0.4, -0.2) is 43.0 Å². The van der Waals surface area contributed by atoms with Gasteiger partial charge in [-0.3, -0.25) is 9.69 Å². The maximum absolute atomic E-state index is 12.7. The molecule has 4 nitrogen and oxygen atoms in total. The topological polar surface area (TPSA) is 32.8 Å². The molecule has 0 unspecified atom stereocenters. The van der Waals surface area contributed by atoms with Crippen molar-refractivity contribution in [2.75, 3.05) is 27.2 Å². The van der Waals surface area contributed by atoms with Gasteiger partial charge in [-0.1, -0.05) is 31.2 Å². The van der Waals surface area contributed by atoms with E-state index in [4.69, 9.17) is 4.74 Å². The van der Waals surface area contributed by atoms with Crippen molar-refractivity contribution < 1.29 is 9.53 Å². The summed E-state index contributed by atoms with van der Waals surface area (Å²) in [7, 11) is 3.50. The van der Waals surface area contributed by atoms with Crippen molar-refractivity contribution >= 4 is 5.91 Å². The fraction of sp³-hybridized carbons (Fsp3) is 0.435. The lowest BCUT2D eigenvalue weighted by atomic mass is 9.99. The van der Waals surface area contributed by atoms with Crippen LogP contribution in [0, 0.1) is 5.92 Å². The molecule has 2 aromatic rings. The summed E-state index contributed by atoms with van der Waals surface area (Å²) in [5.41, 5.74) is 3.10. The summed E-state index contributed by atoms with van der Waals surface area (Å²) >= 11 is 0. The molecule has 1 aliphatic rings. The van der Waals surface area contributed by atoms with E-state index in [1.165, 1.54) is 31.5 Å². The zero-order chi connectivity index (χ0) is 19.2.